The number of aromatic nitrogens is 3. The second-order valence-electron chi connectivity index (χ2n) is 4.91. The summed E-state index contributed by atoms with van der Waals surface area (Å²) in [4.78, 5) is 8.81. The molecule has 1 aliphatic heterocycles. The molecule has 0 bridgehead atoms. The minimum atomic E-state index is 0.938. The van der Waals surface area contributed by atoms with Crippen LogP contribution in [0.4, 0.5) is 5.69 Å². The summed E-state index contributed by atoms with van der Waals surface area (Å²) in [5.41, 5.74) is 5.82. The molecule has 4 heteroatoms. The Balaban J connectivity index is 1.92. The highest BCUT2D eigenvalue weighted by Gasteiger charge is 2.14. The fourth-order valence-electron chi connectivity index (χ4n) is 2.74. The maximum absolute atomic E-state index is 4.68. The van der Waals surface area contributed by atoms with Crippen molar-refractivity contribution in [2.24, 2.45) is 7.05 Å². The van der Waals surface area contributed by atoms with Gasteiger partial charge in [0.05, 0.1) is 11.7 Å². The van der Waals surface area contributed by atoms with Crippen molar-refractivity contribution in [1.29, 1.82) is 0 Å². The lowest BCUT2D eigenvalue weighted by molar-refractivity contribution is 0.959. The van der Waals surface area contributed by atoms with Crippen LogP contribution >= 0.6 is 0 Å². The Hall–Kier alpha value is -2.36. The Morgan fingerprint density at radius 1 is 1.26 bits per heavy atom. The molecule has 3 aromatic rings. The van der Waals surface area contributed by atoms with Crippen molar-refractivity contribution in [3.8, 4) is 11.4 Å². The smallest absolute Gasteiger partial charge is 0.141 e. The maximum atomic E-state index is 4.68. The summed E-state index contributed by atoms with van der Waals surface area (Å²) in [5.74, 6) is 0.986. The van der Waals surface area contributed by atoms with Crippen molar-refractivity contribution >= 4 is 16.7 Å². The second kappa shape index (κ2) is 3.82. The molecule has 1 aliphatic rings. The van der Waals surface area contributed by atoms with E-state index in [1.165, 1.54) is 11.3 Å². The molecule has 0 amide bonds. The third-order valence-electron chi connectivity index (χ3n) is 3.76. The highest BCUT2D eigenvalue weighted by Crippen LogP contribution is 2.29. The molecule has 0 saturated carbocycles. The molecule has 1 N–H and O–H groups in total. The van der Waals surface area contributed by atoms with E-state index in [0.29, 0.717) is 0 Å². The van der Waals surface area contributed by atoms with Crippen LogP contribution in [0.5, 0.6) is 0 Å². The average molecular weight is 250 g/mol. The summed E-state index contributed by atoms with van der Waals surface area (Å²) in [6.07, 6.45) is 4.73. The summed E-state index contributed by atoms with van der Waals surface area (Å²) in [5, 5.41) is 3.41. The van der Waals surface area contributed by atoms with Gasteiger partial charge < -0.3 is 9.88 Å². The molecule has 0 spiro atoms. The Morgan fingerprint density at radius 2 is 2.21 bits per heavy atom. The van der Waals surface area contributed by atoms with Gasteiger partial charge in [0.2, 0.25) is 0 Å². The fourth-order valence-corrected chi connectivity index (χ4v) is 2.74. The zero-order chi connectivity index (χ0) is 12.8. The standard InChI is InChI=1S/C15H14N4/c1-19-14-5-6-16-9-13(14)18-15(19)11-3-2-10-4-7-17-12(10)8-11/h2-3,5-6,8-9,17H,4,7H2,1H3. The van der Waals surface area contributed by atoms with Crippen LogP contribution in [0.3, 0.4) is 0 Å². The van der Waals surface area contributed by atoms with E-state index in [4.69, 9.17) is 0 Å². The Bertz CT molecular complexity index is 773. The van der Waals surface area contributed by atoms with E-state index in [0.717, 1.165) is 35.4 Å². The highest BCUT2D eigenvalue weighted by atomic mass is 15.1. The van der Waals surface area contributed by atoms with Gasteiger partial charge in [0, 0.05) is 31.0 Å². The van der Waals surface area contributed by atoms with Gasteiger partial charge in [-0.05, 0) is 24.1 Å². The van der Waals surface area contributed by atoms with E-state index in [1.54, 1.807) is 6.20 Å². The van der Waals surface area contributed by atoms with E-state index in [2.05, 4.69) is 38.1 Å². The van der Waals surface area contributed by atoms with Crippen molar-refractivity contribution in [2.75, 3.05) is 11.9 Å². The van der Waals surface area contributed by atoms with Gasteiger partial charge in [-0.1, -0.05) is 12.1 Å². The molecule has 3 heterocycles. The maximum Gasteiger partial charge on any atom is 0.141 e. The normalized spacial score (nSPS) is 13.5. The van der Waals surface area contributed by atoms with Crippen LogP contribution in [-0.4, -0.2) is 21.1 Å². The lowest BCUT2D eigenvalue weighted by atomic mass is 10.1. The van der Waals surface area contributed by atoms with Gasteiger partial charge in [-0.2, -0.15) is 0 Å². The van der Waals surface area contributed by atoms with Crippen LogP contribution in [0, 0.1) is 0 Å². The number of nitrogens with zero attached hydrogens (tertiary/aromatic N) is 3. The number of rotatable bonds is 1. The summed E-state index contributed by atoms with van der Waals surface area (Å²) >= 11 is 0. The lowest BCUT2D eigenvalue weighted by Crippen LogP contribution is -1.94. The van der Waals surface area contributed by atoms with Crippen LogP contribution in [0.15, 0.2) is 36.7 Å². The van der Waals surface area contributed by atoms with Crippen LogP contribution in [0.2, 0.25) is 0 Å². The predicted molar refractivity (Wildman–Crippen MR) is 76.1 cm³/mol. The third kappa shape index (κ3) is 1.53. The summed E-state index contributed by atoms with van der Waals surface area (Å²) in [7, 11) is 2.05. The number of hydrogen-bond acceptors (Lipinski definition) is 3. The summed E-state index contributed by atoms with van der Waals surface area (Å²) in [6.45, 7) is 1.03. The van der Waals surface area contributed by atoms with Crippen molar-refractivity contribution in [3.05, 3.63) is 42.2 Å². The van der Waals surface area contributed by atoms with E-state index in [1.807, 2.05) is 19.3 Å². The number of hydrogen-bond donors (Lipinski definition) is 1. The van der Waals surface area contributed by atoms with E-state index >= 15 is 0 Å². The fraction of sp³-hybridized carbons (Fsp3) is 0.200. The molecule has 19 heavy (non-hydrogen) atoms. The van der Waals surface area contributed by atoms with Gasteiger partial charge in [0.25, 0.3) is 0 Å². The van der Waals surface area contributed by atoms with Crippen molar-refractivity contribution in [3.63, 3.8) is 0 Å². The van der Waals surface area contributed by atoms with Gasteiger partial charge in [-0.3, -0.25) is 4.98 Å². The molecule has 4 nitrogen and oxygen atoms in total. The molecule has 0 fully saturated rings. The zero-order valence-corrected chi connectivity index (χ0v) is 10.7. The molecular weight excluding hydrogens is 236 g/mol. The molecule has 0 saturated heterocycles. The minimum Gasteiger partial charge on any atom is -0.384 e. The van der Waals surface area contributed by atoms with E-state index in [9.17, 15) is 0 Å². The molecule has 1 aromatic carbocycles. The second-order valence-corrected chi connectivity index (χ2v) is 4.91. The quantitative estimate of drug-likeness (QED) is 0.722. The molecule has 0 atom stereocenters. The number of aryl methyl sites for hydroxylation is 1. The molecule has 0 radical (unpaired) electrons. The Morgan fingerprint density at radius 3 is 3.11 bits per heavy atom. The Labute approximate surface area is 111 Å². The number of benzene rings is 1. The molecule has 4 rings (SSSR count). The first-order valence-corrected chi connectivity index (χ1v) is 6.46. The number of nitrogens with one attached hydrogen (secondary N) is 1. The number of anilines is 1. The molecule has 2 aromatic heterocycles. The topological polar surface area (TPSA) is 42.7 Å². The van der Waals surface area contributed by atoms with Gasteiger partial charge in [0.15, 0.2) is 0 Å². The average Bonchev–Trinajstić information content (AvgIpc) is 3.03. The molecule has 0 unspecified atom stereocenters. The highest BCUT2D eigenvalue weighted by molar-refractivity contribution is 5.80. The summed E-state index contributed by atoms with van der Waals surface area (Å²) < 4.78 is 2.12. The monoisotopic (exact) mass is 250 g/mol. The number of imidazole rings is 1. The van der Waals surface area contributed by atoms with Crippen molar-refractivity contribution < 1.29 is 0 Å². The van der Waals surface area contributed by atoms with Gasteiger partial charge in [0.1, 0.15) is 11.3 Å². The van der Waals surface area contributed by atoms with Crippen molar-refractivity contribution in [2.45, 2.75) is 6.42 Å². The first-order chi connectivity index (χ1) is 9.33. The first-order valence-electron chi connectivity index (χ1n) is 6.46. The minimum absolute atomic E-state index is 0.938. The van der Waals surface area contributed by atoms with Crippen LogP contribution in [0.25, 0.3) is 22.4 Å². The van der Waals surface area contributed by atoms with Gasteiger partial charge in [-0.25, -0.2) is 4.98 Å². The molecular formula is C15H14N4. The van der Waals surface area contributed by atoms with Crippen LogP contribution in [0.1, 0.15) is 5.56 Å². The number of pyridine rings is 1. The molecule has 0 aliphatic carbocycles. The Kier molecular flexibility index (Phi) is 2.12. The first kappa shape index (κ1) is 10.6. The lowest BCUT2D eigenvalue weighted by Gasteiger charge is -2.05. The van der Waals surface area contributed by atoms with E-state index < -0.39 is 0 Å². The summed E-state index contributed by atoms with van der Waals surface area (Å²) in [6, 6.07) is 8.54. The number of fused-ring (bicyclic) bond motifs is 2. The molecule has 94 valence electrons. The SMILES string of the molecule is Cn1c(-c2ccc3c(c2)NCC3)nc2cnccc21. The van der Waals surface area contributed by atoms with Crippen LogP contribution < -0.4 is 5.32 Å². The largest absolute Gasteiger partial charge is 0.384 e. The van der Waals surface area contributed by atoms with Gasteiger partial charge in [-0.15, -0.1) is 0 Å². The van der Waals surface area contributed by atoms with Gasteiger partial charge >= 0.3 is 0 Å². The van der Waals surface area contributed by atoms with E-state index in [-0.39, 0.29) is 0 Å². The third-order valence-corrected chi connectivity index (χ3v) is 3.76. The predicted octanol–water partition coefficient (Wildman–Crippen LogP) is 2.60. The zero-order valence-electron chi connectivity index (χ0n) is 10.7. The van der Waals surface area contributed by atoms with Crippen molar-refractivity contribution in [1.82, 2.24) is 14.5 Å². The van der Waals surface area contributed by atoms with Crippen LogP contribution in [-0.2, 0) is 13.5 Å².